The lowest BCUT2D eigenvalue weighted by Crippen LogP contribution is -1.86. The quantitative estimate of drug-likeness (QED) is 0.405. The van der Waals surface area contributed by atoms with E-state index in [4.69, 9.17) is 5.73 Å². The molecule has 0 aromatic heterocycles. The highest BCUT2D eigenvalue weighted by Gasteiger charge is 1.89. The van der Waals surface area contributed by atoms with Gasteiger partial charge in [-0.2, -0.15) is 0 Å². The fourth-order valence-corrected chi connectivity index (χ4v) is 1.66. The Hall–Kier alpha value is -1.50. The Morgan fingerprint density at radius 2 is 1.88 bits per heavy atom. The highest BCUT2D eigenvalue weighted by Crippen LogP contribution is 2.12. The van der Waals surface area contributed by atoms with E-state index in [0.29, 0.717) is 0 Å². The summed E-state index contributed by atoms with van der Waals surface area (Å²) in [6.45, 7) is 2.23. The highest BCUT2D eigenvalue weighted by molar-refractivity contribution is 5.64. The minimum atomic E-state index is 0.843. The first-order chi connectivity index (χ1) is 8.34. The summed E-state index contributed by atoms with van der Waals surface area (Å²) in [5, 5.41) is 0. The average Bonchev–Trinajstić information content (AvgIpc) is 2.35. The van der Waals surface area contributed by atoms with Gasteiger partial charge in [-0.3, -0.25) is 0 Å². The summed E-state index contributed by atoms with van der Waals surface area (Å²) in [5.74, 6) is 0. The van der Waals surface area contributed by atoms with Crippen molar-refractivity contribution in [2.75, 3.05) is 5.73 Å². The molecule has 0 fully saturated rings. The van der Waals surface area contributed by atoms with Gasteiger partial charge in [0.25, 0.3) is 0 Å². The summed E-state index contributed by atoms with van der Waals surface area (Å²) in [4.78, 5) is 0. The smallest absolute Gasteiger partial charge is 0.0387 e. The van der Waals surface area contributed by atoms with Crippen LogP contribution in [0.2, 0.25) is 0 Å². The zero-order chi connectivity index (χ0) is 12.3. The van der Waals surface area contributed by atoms with Crippen molar-refractivity contribution in [1.29, 1.82) is 0 Å². The molecule has 0 saturated carbocycles. The lowest BCUT2D eigenvalue weighted by Gasteiger charge is -1.97. The summed E-state index contributed by atoms with van der Waals surface area (Å²) >= 11 is 0. The van der Waals surface area contributed by atoms with Crippen LogP contribution in [-0.2, 0) is 0 Å². The normalized spacial score (nSPS) is 11.6. The molecule has 0 bridgehead atoms. The van der Waals surface area contributed by atoms with E-state index < -0.39 is 0 Å². The van der Waals surface area contributed by atoms with Gasteiger partial charge in [0.05, 0.1) is 0 Å². The van der Waals surface area contributed by atoms with E-state index in [1.807, 2.05) is 24.3 Å². The van der Waals surface area contributed by atoms with Gasteiger partial charge in [0.15, 0.2) is 0 Å². The molecule has 1 aromatic carbocycles. The summed E-state index contributed by atoms with van der Waals surface area (Å²) in [6.07, 6.45) is 14.9. The molecule has 0 saturated heterocycles. The number of nitrogen functional groups attached to an aromatic ring is 1. The van der Waals surface area contributed by atoms with Crippen molar-refractivity contribution < 1.29 is 0 Å². The van der Waals surface area contributed by atoms with Gasteiger partial charge in [-0.15, -0.1) is 0 Å². The molecule has 0 atom stereocenters. The van der Waals surface area contributed by atoms with Crippen molar-refractivity contribution in [2.45, 2.75) is 39.0 Å². The lowest BCUT2D eigenvalue weighted by atomic mass is 10.1. The molecule has 2 N–H and O–H groups in total. The van der Waals surface area contributed by atoms with Gasteiger partial charge in [0, 0.05) is 5.69 Å². The minimum absolute atomic E-state index is 0.843. The van der Waals surface area contributed by atoms with Crippen LogP contribution in [0.1, 0.15) is 44.6 Å². The second kappa shape index (κ2) is 8.63. The van der Waals surface area contributed by atoms with Crippen LogP contribution in [0.4, 0.5) is 5.69 Å². The van der Waals surface area contributed by atoms with Crippen LogP contribution in [0.15, 0.2) is 42.5 Å². The van der Waals surface area contributed by atoms with Gasteiger partial charge in [-0.05, 0) is 30.9 Å². The van der Waals surface area contributed by atoms with Crippen molar-refractivity contribution >= 4 is 11.8 Å². The number of nitrogens with two attached hydrogens (primary N) is 1. The Morgan fingerprint density at radius 3 is 2.65 bits per heavy atom. The van der Waals surface area contributed by atoms with Gasteiger partial charge in [0.1, 0.15) is 0 Å². The number of para-hydroxylation sites is 1. The monoisotopic (exact) mass is 229 g/mol. The van der Waals surface area contributed by atoms with E-state index in [9.17, 15) is 0 Å². The van der Waals surface area contributed by atoms with Gasteiger partial charge in [-0.25, -0.2) is 0 Å². The Bertz CT molecular complexity index is 364. The van der Waals surface area contributed by atoms with E-state index in [1.54, 1.807) is 0 Å². The molecular weight excluding hydrogens is 206 g/mol. The van der Waals surface area contributed by atoms with Crippen LogP contribution in [0.3, 0.4) is 0 Å². The number of hydrogen-bond donors (Lipinski definition) is 1. The molecular formula is C16H23N. The first-order valence-corrected chi connectivity index (χ1v) is 6.50. The van der Waals surface area contributed by atoms with Crippen LogP contribution < -0.4 is 5.73 Å². The molecule has 0 aliphatic rings. The molecule has 17 heavy (non-hydrogen) atoms. The van der Waals surface area contributed by atoms with Crippen LogP contribution in [0, 0.1) is 0 Å². The third-order valence-corrected chi connectivity index (χ3v) is 2.71. The maximum absolute atomic E-state index is 5.85. The number of anilines is 1. The number of rotatable bonds is 7. The molecule has 0 unspecified atom stereocenters. The maximum Gasteiger partial charge on any atom is 0.0387 e. The minimum Gasteiger partial charge on any atom is -0.398 e. The van der Waals surface area contributed by atoms with Gasteiger partial charge in [0.2, 0.25) is 0 Å². The largest absolute Gasteiger partial charge is 0.398 e. The SMILES string of the molecule is CCCCC/C=C/C/C=C\c1ccccc1N. The standard InChI is InChI=1S/C16H23N/c1-2-3-4-5-6-7-8-9-12-15-13-10-11-14-16(15)17/h6-7,9-14H,2-5,8,17H2,1H3/b7-6+,12-9-. The third-order valence-electron chi connectivity index (χ3n) is 2.71. The maximum atomic E-state index is 5.85. The van der Waals surface area contributed by atoms with E-state index in [1.165, 1.54) is 25.7 Å². The molecule has 92 valence electrons. The summed E-state index contributed by atoms with van der Waals surface area (Å²) < 4.78 is 0. The van der Waals surface area contributed by atoms with E-state index >= 15 is 0 Å². The van der Waals surface area contributed by atoms with Gasteiger partial charge < -0.3 is 5.73 Å². The molecule has 0 spiro atoms. The van der Waals surface area contributed by atoms with Crippen LogP contribution in [-0.4, -0.2) is 0 Å². The Morgan fingerprint density at radius 1 is 1.06 bits per heavy atom. The Kier molecular flexibility index (Phi) is 6.89. The van der Waals surface area contributed by atoms with Gasteiger partial charge >= 0.3 is 0 Å². The first kappa shape index (κ1) is 13.6. The number of unbranched alkanes of at least 4 members (excludes halogenated alkanes) is 3. The fraction of sp³-hybridized carbons (Fsp3) is 0.375. The number of benzene rings is 1. The van der Waals surface area contributed by atoms with Crippen LogP contribution in [0.25, 0.3) is 6.08 Å². The van der Waals surface area contributed by atoms with Crippen molar-refractivity contribution in [1.82, 2.24) is 0 Å². The van der Waals surface area contributed by atoms with Crippen molar-refractivity contribution in [3.63, 3.8) is 0 Å². The third kappa shape index (κ3) is 5.96. The van der Waals surface area contributed by atoms with E-state index in [-0.39, 0.29) is 0 Å². The van der Waals surface area contributed by atoms with Gasteiger partial charge in [-0.1, -0.05) is 62.3 Å². The zero-order valence-electron chi connectivity index (χ0n) is 10.7. The fourth-order valence-electron chi connectivity index (χ4n) is 1.66. The van der Waals surface area contributed by atoms with Crippen molar-refractivity contribution in [3.05, 3.63) is 48.1 Å². The molecule has 0 radical (unpaired) electrons. The zero-order valence-corrected chi connectivity index (χ0v) is 10.7. The van der Waals surface area contributed by atoms with E-state index in [2.05, 4.69) is 31.2 Å². The molecule has 0 heterocycles. The van der Waals surface area contributed by atoms with Crippen LogP contribution >= 0.6 is 0 Å². The summed E-state index contributed by atoms with van der Waals surface area (Å²) in [7, 11) is 0. The van der Waals surface area contributed by atoms with Crippen LogP contribution in [0.5, 0.6) is 0 Å². The molecule has 0 aliphatic carbocycles. The molecule has 0 amide bonds. The second-order valence-electron chi connectivity index (χ2n) is 4.23. The van der Waals surface area contributed by atoms with E-state index in [0.717, 1.165) is 17.7 Å². The average molecular weight is 229 g/mol. The van der Waals surface area contributed by atoms with Crippen molar-refractivity contribution in [3.8, 4) is 0 Å². The number of hydrogen-bond acceptors (Lipinski definition) is 1. The predicted molar refractivity (Wildman–Crippen MR) is 77.8 cm³/mol. The molecule has 1 nitrogen and oxygen atoms in total. The molecule has 0 aliphatic heterocycles. The van der Waals surface area contributed by atoms with Crippen molar-refractivity contribution in [2.24, 2.45) is 0 Å². The highest BCUT2D eigenvalue weighted by atomic mass is 14.5. The molecule has 1 aromatic rings. The predicted octanol–water partition coefficient (Wildman–Crippen LogP) is 4.81. The number of allylic oxidation sites excluding steroid dienone is 3. The summed E-state index contributed by atoms with van der Waals surface area (Å²) in [6, 6.07) is 7.94. The Balaban J connectivity index is 2.24. The topological polar surface area (TPSA) is 26.0 Å². The lowest BCUT2D eigenvalue weighted by molar-refractivity contribution is 0.728. The molecule has 1 rings (SSSR count). The first-order valence-electron chi connectivity index (χ1n) is 6.50. The molecule has 1 heteroatoms. The summed E-state index contributed by atoms with van der Waals surface area (Å²) in [5.41, 5.74) is 7.79. The Labute approximate surface area is 105 Å². The second-order valence-corrected chi connectivity index (χ2v) is 4.23.